The summed E-state index contributed by atoms with van der Waals surface area (Å²) in [5.41, 5.74) is 5.62. The van der Waals surface area contributed by atoms with Crippen molar-refractivity contribution in [3.63, 3.8) is 0 Å². The summed E-state index contributed by atoms with van der Waals surface area (Å²) in [6.07, 6.45) is 0. The van der Waals surface area contributed by atoms with Crippen LogP contribution in [0.25, 0.3) is 0 Å². The fourth-order valence-electron chi connectivity index (χ4n) is 2.13. The van der Waals surface area contributed by atoms with E-state index in [1.165, 1.54) is 18.2 Å². The maximum Gasteiger partial charge on any atom is 0.276 e. The highest BCUT2D eigenvalue weighted by Crippen LogP contribution is 2.30. The molecular weight excluding hydrogens is 326 g/mol. The Morgan fingerprint density at radius 1 is 1.24 bits per heavy atom. The molecule has 0 aliphatic carbocycles. The van der Waals surface area contributed by atoms with Gasteiger partial charge in [-0.1, -0.05) is 0 Å². The van der Waals surface area contributed by atoms with Gasteiger partial charge in [-0.3, -0.25) is 14.9 Å². The Morgan fingerprint density at radius 2 is 2.00 bits per heavy atom. The first-order valence-corrected chi connectivity index (χ1v) is 7.33. The van der Waals surface area contributed by atoms with Crippen LogP contribution in [0, 0.1) is 21.4 Å². The summed E-state index contributed by atoms with van der Waals surface area (Å²) in [5, 5.41) is 20.1. The van der Waals surface area contributed by atoms with Gasteiger partial charge in [-0.2, -0.15) is 5.26 Å². The molecule has 0 bridgehead atoms. The zero-order valence-electron chi connectivity index (χ0n) is 13.4. The molecule has 1 amide bonds. The van der Waals surface area contributed by atoms with Gasteiger partial charge in [0, 0.05) is 17.7 Å². The monoisotopic (exact) mass is 341 g/mol. The molecule has 8 heteroatoms. The van der Waals surface area contributed by atoms with Gasteiger partial charge >= 0.3 is 0 Å². The normalized spacial score (nSPS) is 9.92. The van der Waals surface area contributed by atoms with E-state index < -0.39 is 10.8 Å². The number of ether oxygens (including phenoxy) is 2. The molecule has 0 aromatic heterocycles. The van der Waals surface area contributed by atoms with Gasteiger partial charge in [0.2, 0.25) is 5.91 Å². The van der Waals surface area contributed by atoms with E-state index in [-0.39, 0.29) is 23.4 Å². The lowest BCUT2D eigenvalue weighted by Crippen LogP contribution is -2.12. The molecule has 8 nitrogen and oxygen atoms in total. The second kappa shape index (κ2) is 7.79. The third-order valence-electron chi connectivity index (χ3n) is 3.32. The third kappa shape index (κ3) is 4.23. The van der Waals surface area contributed by atoms with Crippen LogP contribution in [0.3, 0.4) is 0 Å². The molecule has 25 heavy (non-hydrogen) atoms. The molecule has 2 rings (SSSR count). The highest BCUT2D eigenvalue weighted by atomic mass is 16.6. The first kappa shape index (κ1) is 17.7. The summed E-state index contributed by atoms with van der Waals surface area (Å²) in [4.78, 5) is 21.8. The SMILES string of the molecule is CCOc1cc(C#N)ccc1OCc1ccc(C(N)=O)cc1[N+](=O)[O-]. The second-order valence-electron chi connectivity index (χ2n) is 4.96. The number of carbonyl (C=O) groups excluding carboxylic acids is 1. The van der Waals surface area contributed by atoms with Crippen molar-refractivity contribution in [2.24, 2.45) is 5.73 Å². The summed E-state index contributed by atoms with van der Waals surface area (Å²) in [6.45, 7) is 2.05. The average molecular weight is 341 g/mol. The van der Waals surface area contributed by atoms with E-state index in [4.69, 9.17) is 20.5 Å². The van der Waals surface area contributed by atoms with Gasteiger partial charge in [-0.05, 0) is 31.2 Å². The highest BCUT2D eigenvalue weighted by Gasteiger charge is 2.17. The van der Waals surface area contributed by atoms with E-state index >= 15 is 0 Å². The zero-order valence-corrected chi connectivity index (χ0v) is 13.4. The Bertz CT molecular complexity index is 858. The average Bonchev–Trinajstić information content (AvgIpc) is 2.60. The lowest BCUT2D eigenvalue weighted by Gasteiger charge is -2.12. The first-order chi connectivity index (χ1) is 12.0. The molecule has 0 saturated carbocycles. The second-order valence-corrected chi connectivity index (χ2v) is 4.96. The van der Waals surface area contributed by atoms with Gasteiger partial charge in [-0.15, -0.1) is 0 Å². The smallest absolute Gasteiger partial charge is 0.276 e. The maximum atomic E-state index is 11.2. The molecule has 0 aliphatic rings. The first-order valence-electron chi connectivity index (χ1n) is 7.33. The quantitative estimate of drug-likeness (QED) is 0.608. The Hall–Kier alpha value is -3.60. The summed E-state index contributed by atoms with van der Waals surface area (Å²) in [6, 6.07) is 10.6. The third-order valence-corrected chi connectivity index (χ3v) is 3.32. The van der Waals surface area contributed by atoms with Crippen LogP contribution in [-0.2, 0) is 6.61 Å². The molecule has 0 unspecified atom stereocenters. The number of hydrogen-bond donors (Lipinski definition) is 1. The molecule has 0 aliphatic heterocycles. The molecule has 0 saturated heterocycles. The lowest BCUT2D eigenvalue weighted by atomic mass is 10.1. The number of amides is 1. The summed E-state index contributed by atoms with van der Waals surface area (Å²) < 4.78 is 11.0. The molecule has 2 N–H and O–H groups in total. The summed E-state index contributed by atoms with van der Waals surface area (Å²) in [7, 11) is 0. The van der Waals surface area contributed by atoms with E-state index in [1.54, 1.807) is 19.1 Å². The van der Waals surface area contributed by atoms with E-state index in [1.807, 2.05) is 6.07 Å². The largest absolute Gasteiger partial charge is 0.490 e. The molecular formula is C17H15N3O5. The number of hydrogen-bond acceptors (Lipinski definition) is 6. The predicted octanol–water partition coefficient (Wildman–Crippen LogP) is 2.54. The number of nitro groups is 1. The van der Waals surface area contributed by atoms with Crippen molar-refractivity contribution in [1.29, 1.82) is 5.26 Å². The number of carbonyl (C=O) groups is 1. The molecule has 0 radical (unpaired) electrons. The van der Waals surface area contributed by atoms with Crippen molar-refractivity contribution in [1.82, 2.24) is 0 Å². The highest BCUT2D eigenvalue weighted by molar-refractivity contribution is 5.93. The maximum absolute atomic E-state index is 11.2. The number of nitro benzene ring substituents is 1. The Kier molecular flexibility index (Phi) is 5.53. The van der Waals surface area contributed by atoms with Crippen molar-refractivity contribution in [2.45, 2.75) is 13.5 Å². The van der Waals surface area contributed by atoms with Gasteiger partial charge in [0.15, 0.2) is 11.5 Å². The van der Waals surface area contributed by atoms with E-state index in [9.17, 15) is 14.9 Å². The fourth-order valence-corrected chi connectivity index (χ4v) is 2.13. The van der Waals surface area contributed by atoms with Crippen LogP contribution in [0.2, 0.25) is 0 Å². The number of nitrogens with zero attached hydrogens (tertiary/aromatic N) is 2. The van der Waals surface area contributed by atoms with Crippen LogP contribution in [0.5, 0.6) is 11.5 Å². The van der Waals surface area contributed by atoms with E-state index in [0.29, 0.717) is 23.7 Å². The van der Waals surface area contributed by atoms with E-state index in [0.717, 1.165) is 6.07 Å². The van der Waals surface area contributed by atoms with Gasteiger partial charge < -0.3 is 15.2 Å². The van der Waals surface area contributed by atoms with Crippen molar-refractivity contribution in [2.75, 3.05) is 6.61 Å². The molecule has 0 atom stereocenters. The zero-order chi connectivity index (χ0) is 18.4. The Morgan fingerprint density at radius 3 is 2.60 bits per heavy atom. The number of nitrogens with two attached hydrogens (primary N) is 1. The molecule has 0 fully saturated rings. The Balaban J connectivity index is 2.28. The van der Waals surface area contributed by atoms with Crippen molar-refractivity contribution >= 4 is 11.6 Å². The number of benzene rings is 2. The lowest BCUT2D eigenvalue weighted by molar-refractivity contribution is -0.385. The van der Waals surface area contributed by atoms with Crippen molar-refractivity contribution in [3.8, 4) is 17.6 Å². The van der Waals surface area contributed by atoms with Crippen LogP contribution < -0.4 is 15.2 Å². The van der Waals surface area contributed by atoms with Crippen LogP contribution in [-0.4, -0.2) is 17.4 Å². The molecule has 128 valence electrons. The van der Waals surface area contributed by atoms with Crippen LogP contribution in [0.4, 0.5) is 5.69 Å². The minimum atomic E-state index is -0.749. The topological polar surface area (TPSA) is 128 Å². The van der Waals surface area contributed by atoms with Crippen molar-refractivity contribution in [3.05, 3.63) is 63.2 Å². The minimum Gasteiger partial charge on any atom is -0.490 e. The fraction of sp³-hybridized carbons (Fsp3) is 0.176. The van der Waals surface area contributed by atoms with Gasteiger partial charge in [-0.25, -0.2) is 0 Å². The molecule has 2 aromatic carbocycles. The van der Waals surface area contributed by atoms with Gasteiger partial charge in [0.25, 0.3) is 5.69 Å². The van der Waals surface area contributed by atoms with Crippen LogP contribution in [0.1, 0.15) is 28.4 Å². The van der Waals surface area contributed by atoms with Gasteiger partial charge in [0.05, 0.1) is 28.7 Å². The standard InChI is InChI=1S/C17H15N3O5/c1-2-24-16-7-11(9-18)3-6-15(16)25-10-13-5-4-12(17(19)21)8-14(13)20(22)23/h3-8H,2,10H2,1H3,(H2,19,21). The minimum absolute atomic E-state index is 0.0452. The molecule has 0 spiro atoms. The number of rotatable bonds is 7. The van der Waals surface area contributed by atoms with Crippen LogP contribution >= 0.6 is 0 Å². The number of nitriles is 1. The predicted molar refractivity (Wildman–Crippen MR) is 88.3 cm³/mol. The van der Waals surface area contributed by atoms with E-state index in [2.05, 4.69) is 0 Å². The molecule has 2 aromatic rings. The summed E-state index contributed by atoms with van der Waals surface area (Å²) in [5.74, 6) is -0.0200. The Labute approximate surface area is 143 Å². The van der Waals surface area contributed by atoms with Crippen molar-refractivity contribution < 1.29 is 19.2 Å². The van der Waals surface area contributed by atoms with Crippen LogP contribution in [0.15, 0.2) is 36.4 Å². The summed E-state index contributed by atoms with van der Waals surface area (Å²) >= 11 is 0. The number of primary amides is 1. The van der Waals surface area contributed by atoms with Gasteiger partial charge in [0.1, 0.15) is 6.61 Å². The molecule has 0 heterocycles.